The number of hydrogen-bond donors (Lipinski definition) is 1. The van der Waals surface area contributed by atoms with Crippen LogP contribution < -0.4 is 10.1 Å². The van der Waals surface area contributed by atoms with Gasteiger partial charge in [-0.1, -0.05) is 0 Å². The molecular weight excluding hydrogens is 251 g/mol. The predicted molar refractivity (Wildman–Crippen MR) is 70.3 cm³/mol. The molecule has 1 N–H and O–H groups in total. The largest absolute Gasteiger partial charge is 0.487 e. The second kappa shape index (κ2) is 5.93. The Hall–Kier alpha value is -1.46. The van der Waals surface area contributed by atoms with Crippen LogP contribution in [0.5, 0.6) is 5.75 Å². The fraction of sp³-hybridized carbons (Fsp3) is 0.308. The van der Waals surface area contributed by atoms with E-state index in [1.165, 1.54) is 12.1 Å². The third kappa shape index (κ3) is 3.27. The summed E-state index contributed by atoms with van der Waals surface area (Å²) in [5.74, 6) is 0.449. The third-order valence-corrected chi connectivity index (χ3v) is 3.34. The maximum atomic E-state index is 12.9. The molecule has 0 saturated carbocycles. The van der Waals surface area contributed by atoms with Gasteiger partial charge in [0.1, 0.15) is 23.2 Å². The number of halogens is 1. The molecule has 18 heavy (non-hydrogen) atoms. The van der Waals surface area contributed by atoms with Crippen molar-refractivity contribution in [3.63, 3.8) is 0 Å². The Morgan fingerprint density at radius 3 is 3.00 bits per heavy atom. The summed E-state index contributed by atoms with van der Waals surface area (Å²) in [6.45, 7) is 3.00. The molecule has 0 radical (unpaired) electrons. The van der Waals surface area contributed by atoms with Crippen molar-refractivity contribution in [1.29, 1.82) is 0 Å². The van der Waals surface area contributed by atoms with Crippen LogP contribution >= 0.6 is 11.3 Å². The van der Waals surface area contributed by atoms with E-state index in [4.69, 9.17) is 4.74 Å². The molecule has 0 amide bonds. The van der Waals surface area contributed by atoms with Gasteiger partial charge in [-0.05, 0) is 37.7 Å². The highest BCUT2D eigenvalue weighted by molar-refractivity contribution is 7.09. The Morgan fingerprint density at radius 2 is 2.28 bits per heavy atom. The molecule has 0 saturated heterocycles. The molecule has 96 valence electrons. The standard InChI is InChI=1S/C13H15FN2OS/c1-9-5-10(14)3-4-12(9)17-7-11-8-18-13(16-11)6-15-2/h3-5,8,15H,6-7H2,1-2H3. The second-order valence-electron chi connectivity index (χ2n) is 3.96. The van der Waals surface area contributed by atoms with Crippen molar-refractivity contribution in [2.45, 2.75) is 20.1 Å². The number of nitrogens with one attached hydrogen (secondary N) is 1. The average molecular weight is 266 g/mol. The van der Waals surface area contributed by atoms with Crippen LogP contribution in [0, 0.1) is 12.7 Å². The highest BCUT2D eigenvalue weighted by Gasteiger charge is 2.04. The zero-order valence-electron chi connectivity index (χ0n) is 10.4. The molecule has 1 heterocycles. The number of thiazole rings is 1. The summed E-state index contributed by atoms with van der Waals surface area (Å²) >= 11 is 1.60. The van der Waals surface area contributed by atoms with E-state index in [-0.39, 0.29) is 5.82 Å². The molecule has 1 aromatic carbocycles. The molecule has 0 bridgehead atoms. The van der Waals surface area contributed by atoms with Gasteiger partial charge in [0, 0.05) is 11.9 Å². The molecule has 2 aromatic rings. The van der Waals surface area contributed by atoms with Gasteiger partial charge < -0.3 is 10.1 Å². The molecule has 0 unspecified atom stereocenters. The monoisotopic (exact) mass is 266 g/mol. The van der Waals surface area contributed by atoms with Crippen LogP contribution in [0.1, 0.15) is 16.3 Å². The molecule has 0 fully saturated rings. The highest BCUT2D eigenvalue weighted by atomic mass is 32.1. The predicted octanol–water partition coefficient (Wildman–Crippen LogP) is 2.89. The van der Waals surface area contributed by atoms with Crippen molar-refractivity contribution in [2.75, 3.05) is 7.05 Å². The van der Waals surface area contributed by atoms with Crippen molar-refractivity contribution in [3.05, 3.63) is 45.7 Å². The fourth-order valence-electron chi connectivity index (χ4n) is 1.57. The van der Waals surface area contributed by atoms with Crippen LogP contribution in [0.2, 0.25) is 0 Å². The van der Waals surface area contributed by atoms with Gasteiger partial charge in [0.2, 0.25) is 0 Å². The summed E-state index contributed by atoms with van der Waals surface area (Å²) in [4.78, 5) is 4.42. The lowest BCUT2D eigenvalue weighted by Crippen LogP contribution is -2.05. The number of ether oxygens (including phenoxy) is 1. The van der Waals surface area contributed by atoms with Crippen molar-refractivity contribution in [3.8, 4) is 5.75 Å². The maximum absolute atomic E-state index is 12.9. The van der Waals surface area contributed by atoms with Gasteiger partial charge in [0.15, 0.2) is 0 Å². The zero-order valence-corrected chi connectivity index (χ0v) is 11.2. The van der Waals surface area contributed by atoms with Crippen LogP contribution in [0.25, 0.3) is 0 Å². The van der Waals surface area contributed by atoms with Crippen molar-refractivity contribution < 1.29 is 9.13 Å². The van der Waals surface area contributed by atoms with Crippen molar-refractivity contribution in [1.82, 2.24) is 10.3 Å². The highest BCUT2D eigenvalue weighted by Crippen LogP contribution is 2.20. The van der Waals surface area contributed by atoms with Gasteiger partial charge in [0.05, 0.1) is 5.69 Å². The molecule has 0 aliphatic carbocycles. The number of hydrogen-bond acceptors (Lipinski definition) is 4. The lowest BCUT2D eigenvalue weighted by molar-refractivity contribution is 0.299. The molecule has 0 aliphatic heterocycles. The van der Waals surface area contributed by atoms with Crippen LogP contribution in [-0.4, -0.2) is 12.0 Å². The Labute approximate surface area is 110 Å². The van der Waals surface area contributed by atoms with Crippen molar-refractivity contribution >= 4 is 11.3 Å². The number of aryl methyl sites for hydroxylation is 1. The molecular formula is C13H15FN2OS. The topological polar surface area (TPSA) is 34.2 Å². The summed E-state index contributed by atoms with van der Waals surface area (Å²) in [5, 5.41) is 6.06. The summed E-state index contributed by atoms with van der Waals surface area (Å²) < 4.78 is 18.6. The first-order valence-corrected chi connectivity index (χ1v) is 6.54. The third-order valence-electron chi connectivity index (χ3n) is 2.44. The summed E-state index contributed by atoms with van der Waals surface area (Å²) in [7, 11) is 1.89. The zero-order chi connectivity index (χ0) is 13.0. The molecule has 0 atom stereocenters. The number of nitrogens with zero attached hydrogens (tertiary/aromatic N) is 1. The first kappa shape index (κ1) is 13.0. The molecule has 3 nitrogen and oxygen atoms in total. The van der Waals surface area contributed by atoms with Gasteiger partial charge in [-0.25, -0.2) is 9.37 Å². The summed E-state index contributed by atoms with van der Waals surface area (Å²) in [6.07, 6.45) is 0. The lowest BCUT2D eigenvalue weighted by atomic mass is 10.2. The molecule has 0 aliphatic rings. The summed E-state index contributed by atoms with van der Waals surface area (Å²) in [6, 6.07) is 4.50. The quantitative estimate of drug-likeness (QED) is 0.903. The van der Waals surface area contributed by atoms with Gasteiger partial charge in [-0.3, -0.25) is 0 Å². The van der Waals surface area contributed by atoms with E-state index in [9.17, 15) is 4.39 Å². The minimum Gasteiger partial charge on any atom is -0.487 e. The van der Waals surface area contributed by atoms with Gasteiger partial charge in [-0.2, -0.15) is 0 Å². The number of benzene rings is 1. The molecule has 5 heteroatoms. The maximum Gasteiger partial charge on any atom is 0.131 e. The van der Waals surface area contributed by atoms with E-state index < -0.39 is 0 Å². The van der Waals surface area contributed by atoms with Crippen LogP contribution in [0.3, 0.4) is 0 Å². The second-order valence-corrected chi connectivity index (χ2v) is 4.90. The van der Waals surface area contributed by atoms with Crippen molar-refractivity contribution in [2.24, 2.45) is 0 Å². The Kier molecular flexibility index (Phi) is 4.28. The van der Waals surface area contributed by atoms with Gasteiger partial charge >= 0.3 is 0 Å². The van der Waals surface area contributed by atoms with E-state index in [1.807, 2.05) is 19.4 Å². The van der Waals surface area contributed by atoms with E-state index in [0.29, 0.717) is 12.4 Å². The van der Waals surface area contributed by atoms with Crippen LogP contribution in [-0.2, 0) is 13.2 Å². The first-order chi connectivity index (χ1) is 8.69. The Morgan fingerprint density at radius 1 is 1.44 bits per heavy atom. The van der Waals surface area contributed by atoms with Crippen LogP contribution in [0.15, 0.2) is 23.6 Å². The molecule has 0 spiro atoms. The SMILES string of the molecule is CNCc1nc(COc2ccc(F)cc2C)cs1. The number of rotatable bonds is 5. The van der Waals surface area contributed by atoms with E-state index in [1.54, 1.807) is 17.4 Å². The van der Waals surface area contributed by atoms with E-state index in [0.717, 1.165) is 22.8 Å². The number of aromatic nitrogens is 1. The normalized spacial score (nSPS) is 10.6. The van der Waals surface area contributed by atoms with E-state index >= 15 is 0 Å². The lowest BCUT2D eigenvalue weighted by Gasteiger charge is -2.07. The van der Waals surface area contributed by atoms with Gasteiger partial charge in [0.25, 0.3) is 0 Å². The van der Waals surface area contributed by atoms with Crippen LogP contribution in [0.4, 0.5) is 4.39 Å². The van der Waals surface area contributed by atoms with Gasteiger partial charge in [-0.15, -0.1) is 11.3 Å². The Bertz CT molecular complexity index is 527. The minimum atomic E-state index is -0.246. The average Bonchev–Trinajstić information content (AvgIpc) is 2.76. The minimum absolute atomic E-state index is 0.246. The Balaban J connectivity index is 1.97. The first-order valence-electron chi connectivity index (χ1n) is 5.66. The summed E-state index contributed by atoms with van der Waals surface area (Å²) in [5.41, 5.74) is 1.69. The molecule has 1 aromatic heterocycles. The molecule has 2 rings (SSSR count). The smallest absolute Gasteiger partial charge is 0.131 e. The fourth-order valence-corrected chi connectivity index (χ4v) is 2.36. The van der Waals surface area contributed by atoms with E-state index in [2.05, 4.69) is 10.3 Å².